The fourth-order valence-electron chi connectivity index (χ4n) is 8.25. The quantitative estimate of drug-likeness (QED) is 0.171. The summed E-state index contributed by atoms with van der Waals surface area (Å²) in [6, 6.07) is 69.9. The molecule has 266 valence electrons. The van der Waals surface area contributed by atoms with Crippen LogP contribution in [-0.2, 0) is 0 Å². The Hall–Kier alpha value is -7.69. The van der Waals surface area contributed by atoms with Crippen LogP contribution in [0.4, 0.5) is 0 Å². The molecule has 0 fully saturated rings. The molecule has 0 saturated heterocycles. The van der Waals surface area contributed by atoms with E-state index in [9.17, 15) is 0 Å². The van der Waals surface area contributed by atoms with Gasteiger partial charge in [-0.3, -0.25) is 0 Å². The lowest BCUT2D eigenvalue weighted by molar-refractivity contribution is 0.670. The van der Waals surface area contributed by atoms with Gasteiger partial charge in [-0.15, -0.1) is 0 Å². The van der Waals surface area contributed by atoms with Crippen LogP contribution in [0.1, 0.15) is 0 Å². The molecule has 0 aliphatic heterocycles. The van der Waals surface area contributed by atoms with Crippen LogP contribution in [0.5, 0.6) is 0 Å². The average molecular weight is 728 g/mol. The molecule has 4 heteroatoms. The summed E-state index contributed by atoms with van der Waals surface area (Å²) in [7, 11) is 0. The Morgan fingerprint density at radius 1 is 0.246 bits per heavy atom. The number of nitrogens with zero attached hydrogens (tertiary/aromatic N) is 3. The van der Waals surface area contributed by atoms with E-state index in [0.717, 1.165) is 66.1 Å². The third-order valence-corrected chi connectivity index (χ3v) is 11.0. The smallest absolute Gasteiger partial charge is 0.164 e. The number of para-hydroxylation sites is 2. The van der Waals surface area contributed by atoms with E-state index in [-0.39, 0.29) is 0 Å². The highest BCUT2D eigenvalue weighted by Gasteiger charge is 2.18. The maximum absolute atomic E-state index is 6.37. The van der Waals surface area contributed by atoms with E-state index in [1.54, 1.807) is 0 Å². The number of fused-ring (bicyclic) bond motifs is 5. The monoisotopic (exact) mass is 727 g/mol. The summed E-state index contributed by atoms with van der Waals surface area (Å²) in [5.41, 5.74) is 11.5. The van der Waals surface area contributed by atoms with E-state index >= 15 is 0 Å². The van der Waals surface area contributed by atoms with E-state index in [1.165, 1.54) is 27.5 Å². The lowest BCUT2D eigenvalue weighted by Crippen LogP contribution is -2.01. The van der Waals surface area contributed by atoms with Gasteiger partial charge in [0.05, 0.1) is 0 Å². The van der Waals surface area contributed by atoms with Crippen molar-refractivity contribution in [1.82, 2.24) is 15.0 Å². The first-order valence-electron chi connectivity index (χ1n) is 19.2. The van der Waals surface area contributed by atoms with Gasteiger partial charge in [0.2, 0.25) is 0 Å². The minimum Gasteiger partial charge on any atom is -0.455 e. The van der Waals surface area contributed by atoms with Gasteiger partial charge in [-0.25, -0.2) is 15.0 Å². The van der Waals surface area contributed by atoms with Crippen LogP contribution >= 0.6 is 0 Å². The summed E-state index contributed by atoms with van der Waals surface area (Å²) in [5.74, 6) is 1.87. The number of hydrogen-bond donors (Lipinski definition) is 0. The molecule has 0 N–H and O–H groups in total. The highest BCUT2D eigenvalue weighted by Crippen LogP contribution is 2.41. The molecule has 0 saturated carbocycles. The Kier molecular flexibility index (Phi) is 7.78. The Morgan fingerprint density at radius 3 is 1.32 bits per heavy atom. The van der Waals surface area contributed by atoms with E-state index in [4.69, 9.17) is 19.4 Å². The minimum atomic E-state index is 0.614. The normalized spacial score (nSPS) is 11.5. The second-order valence-electron chi connectivity index (χ2n) is 14.3. The van der Waals surface area contributed by atoms with Crippen molar-refractivity contribution in [3.05, 3.63) is 200 Å². The van der Waals surface area contributed by atoms with Crippen molar-refractivity contribution in [3.63, 3.8) is 0 Å². The van der Waals surface area contributed by atoms with Crippen LogP contribution in [0.25, 0.3) is 111 Å². The predicted molar refractivity (Wildman–Crippen MR) is 235 cm³/mol. The third kappa shape index (κ3) is 5.66. The van der Waals surface area contributed by atoms with Crippen LogP contribution in [0.3, 0.4) is 0 Å². The second-order valence-corrected chi connectivity index (χ2v) is 14.3. The average Bonchev–Trinajstić information content (AvgIpc) is 3.68. The molecule has 4 nitrogen and oxygen atoms in total. The fourth-order valence-corrected chi connectivity index (χ4v) is 8.25. The lowest BCUT2D eigenvalue weighted by atomic mass is 9.89. The summed E-state index contributed by atoms with van der Waals surface area (Å²) >= 11 is 0. The molecule has 2 heterocycles. The number of aromatic nitrogens is 3. The number of rotatable bonds is 6. The van der Waals surface area contributed by atoms with E-state index in [1.807, 2.05) is 42.5 Å². The zero-order valence-corrected chi connectivity index (χ0v) is 30.8. The van der Waals surface area contributed by atoms with Gasteiger partial charge in [0.15, 0.2) is 17.5 Å². The van der Waals surface area contributed by atoms with E-state index < -0.39 is 0 Å². The third-order valence-electron chi connectivity index (χ3n) is 11.0. The topological polar surface area (TPSA) is 51.8 Å². The van der Waals surface area contributed by atoms with E-state index in [2.05, 4.69) is 158 Å². The van der Waals surface area contributed by atoms with Gasteiger partial charge < -0.3 is 4.42 Å². The standard InChI is InChI=1S/C53H33N3O/c1-3-14-34(15-4-1)38-30-31-44(41-19-8-7-18-40(38)41)45-32-33-48(43-21-10-9-20-42(43)45)53-55-51(36-16-5-2-6-17-36)54-52(56-53)37-28-26-35(27-29-37)39-23-13-24-47-46-22-11-12-25-49(46)57-50(39)47/h1-33H. The molecule has 0 bridgehead atoms. The van der Waals surface area contributed by atoms with Crippen molar-refractivity contribution in [3.8, 4) is 67.5 Å². The summed E-state index contributed by atoms with van der Waals surface area (Å²) in [6.45, 7) is 0. The van der Waals surface area contributed by atoms with Gasteiger partial charge >= 0.3 is 0 Å². The maximum atomic E-state index is 6.37. The largest absolute Gasteiger partial charge is 0.455 e. The van der Waals surface area contributed by atoms with Crippen LogP contribution < -0.4 is 0 Å². The van der Waals surface area contributed by atoms with Gasteiger partial charge in [0, 0.05) is 33.0 Å². The Bertz CT molecular complexity index is 3280. The lowest BCUT2D eigenvalue weighted by Gasteiger charge is -2.16. The van der Waals surface area contributed by atoms with Gasteiger partial charge in [-0.2, -0.15) is 0 Å². The molecule has 0 aliphatic rings. The van der Waals surface area contributed by atoms with Crippen molar-refractivity contribution in [1.29, 1.82) is 0 Å². The molecular formula is C53H33N3O. The molecule has 11 aromatic rings. The molecule has 2 aromatic heterocycles. The van der Waals surface area contributed by atoms with Crippen LogP contribution in [-0.4, -0.2) is 15.0 Å². The first-order chi connectivity index (χ1) is 28.3. The molecule has 9 aromatic carbocycles. The fraction of sp³-hybridized carbons (Fsp3) is 0. The molecule has 11 rings (SSSR count). The van der Waals surface area contributed by atoms with E-state index in [0.29, 0.717) is 17.5 Å². The zero-order chi connectivity index (χ0) is 37.7. The van der Waals surface area contributed by atoms with Crippen molar-refractivity contribution < 1.29 is 4.42 Å². The van der Waals surface area contributed by atoms with Crippen molar-refractivity contribution in [2.45, 2.75) is 0 Å². The minimum absolute atomic E-state index is 0.614. The molecule has 0 amide bonds. The first kappa shape index (κ1) is 32.7. The Labute approximate surface area is 329 Å². The summed E-state index contributed by atoms with van der Waals surface area (Å²) in [6.07, 6.45) is 0. The predicted octanol–water partition coefficient (Wildman–Crippen LogP) is 14.1. The van der Waals surface area contributed by atoms with Crippen LogP contribution in [0.2, 0.25) is 0 Å². The summed E-state index contributed by atoms with van der Waals surface area (Å²) < 4.78 is 6.37. The molecule has 57 heavy (non-hydrogen) atoms. The molecule has 0 atom stereocenters. The van der Waals surface area contributed by atoms with Crippen molar-refractivity contribution >= 4 is 43.5 Å². The number of hydrogen-bond acceptors (Lipinski definition) is 4. The number of furan rings is 1. The Balaban J connectivity index is 1.04. The Morgan fingerprint density at radius 2 is 0.667 bits per heavy atom. The second kappa shape index (κ2) is 13.6. The highest BCUT2D eigenvalue weighted by molar-refractivity contribution is 6.12. The maximum Gasteiger partial charge on any atom is 0.164 e. The zero-order valence-electron chi connectivity index (χ0n) is 30.8. The first-order valence-corrected chi connectivity index (χ1v) is 19.2. The number of benzene rings is 9. The molecule has 0 radical (unpaired) electrons. The van der Waals surface area contributed by atoms with Crippen LogP contribution in [0, 0.1) is 0 Å². The molecule has 0 spiro atoms. The van der Waals surface area contributed by atoms with Gasteiger partial charge in [-0.1, -0.05) is 188 Å². The summed E-state index contributed by atoms with van der Waals surface area (Å²) in [4.78, 5) is 15.4. The van der Waals surface area contributed by atoms with Crippen LogP contribution in [0.15, 0.2) is 205 Å². The highest BCUT2D eigenvalue weighted by atomic mass is 16.3. The molecule has 0 aliphatic carbocycles. The molecular weight excluding hydrogens is 695 g/mol. The van der Waals surface area contributed by atoms with Gasteiger partial charge in [0.1, 0.15) is 11.2 Å². The summed E-state index contributed by atoms with van der Waals surface area (Å²) in [5, 5.41) is 6.89. The van der Waals surface area contributed by atoms with Crippen molar-refractivity contribution in [2.75, 3.05) is 0 Å². The van der Waals surface area contributed by atoms with Crippen molar-refractivity contribution in [2.24, 2.45) is 0 Å². The van der Waals surface area contributed by atoms with Gasteiger partial charge in [0.25, 0.3) is 0 Å². The molecule has 0 unspecified atom stereocenters. The van der Waals surface area contributed by atoms with Gasteiger partial charge in [-0.05, 0) is 61.5 Å². The SMILES string of the molecule is c1ccc(-c2nc(-c3ccc(-c4cccc5c4oc4ccccc45)cc3)nc(-c3ccc(-c4ccc(-c5ccccc5)c5ccccc45)c4ccccc34)n2)cc1.